The number of sulfonamides is 2. The maximum Gasteiger partial charge on any atom is 0.263 e. The molecule has 0 fully saturated rings. The monoisotopic (exact) mass is 840 g/mol. The highest BCUT2D eigenvalue weighted by molar-refractivity contribution is 7.93. The Hall–Kier alpha value is -6.75. The zero-order valence-corrected chi connectivity index (χ0v) is 31.8. The van der Waals surface area contributed by atoms with Crippen LogP contribution in [-0.4, -0.2) is 36.8 Å². The molecule has 6 aromatic carbocycles. The number of para-hydroxylation sites is 4. The zero-order valence-electron chi connectivity index (χ0n) is 29.5. The molecule has 17 heteroatoms. The van der Waals surface area contributed by atoms with Gasteiger partial charge in [-0.15, -0.1) is 0 Å². The van der Waals surface area contributed by atoms with Crippen LogP contribution in [0.4, 0.5) is 37.6 Å². The molecule has 296 valence electrons. The molecule has 8 aromatic rings. The highest BCUT2D eigenvalue weighted by Gasteiger charge is 2.19. The molecule has 0 saturated heterocycles. The van der Waals surface area contributed by atoms with Gasteiger partial charge in [-0.3, -0.25) is 9.44 Å². The van der Waals surface area contributed by atoms with Gasteiger partial charge in [-0.05, 0) is 97.1 Å². The van der Waals surface area contributed by atoms with Crippen molar-refractivity contribution in [3.05, 3.63) is 175 Å². The number of aromatic nitrogens is 4. The van der Waals surface area contributed by atoms with Gasteiger partial charge in [0, 0.05) is 11.4 Å². The first-order valence-corrected chi connectivity index (χ1v) is 20.1. The topological polar surface area (TPSA) is 182 Å². The van der Waals surface area contributed by atoms with Gasteiger partial charge >= 0.3 is 0 Å². The van der Waals surface area contributed by atoms with Gasteiger partial charge in [0.15, 0.2) is 22.6 Å². The van der Waals surface area contributed by atoms with Crippen LogP contribution in [0, 0.1) is 11.6 Å². The van der Waals surface area contributed by atoms with Crippen LogP contribution < -0.4 is 20.5 Å². The third kappa shape index (κ3) is 11.2. The van der Waals surface area contributed by atoms with Crippen molar-refractivity contribution in [2.75, 3.05) is 20.5 Å². The Labute approximate surface area is 338 Å². The second-order valence-electron chi connectivity index (χ2n) is 11.8. The summed E-state index contributed by atoms with van der Waals surface area (Å²) in [6, 6.07) is 41.5. The summed E-state index contributed by atoms with van der Waals surface area (Å²) >= 11 is 6.00. The molecule has 0 aliphatic carbocycles. The number of nitrogens with one attached hydrogen (secondary N) is 3. The average Bonchev–Trinajstić information content (AvgIpc) is 3.21. The Kier molecular flexibility index (Phi) is 13.8. The quantitative estimate of drug-likeness (QED) is 0.108. The molecule has 2 aromatic heterocycles. The van der Waals surface area contributed by atoms with E-state index in [1.54, 1.807) is 78.9 Å². The Morgan fingerprint density at radius 3 is 1.28 bits per heavy atom. The summed E-state index contributed by atoms with van der Waals surface area (Å²) in [6.07, 6.45) is 0. The number of nitrogens with two attached hydrogens (primary N) is 1. The second kappa shape index (κ2) is 18.9. The van der Waals surface area contributed by atoms with Crippen LogP contribution in [0.5, 0.6) is 0 Å². The number of nitrogens with zero attached hydrogens (tertiary/aromatic N) is 4. The second-order valence-corrected chi connectivity index (χ2v) is 15.5. The molecule has 8 rings (SSSR count). The Morgan fingerprint density at radius 2 is 0.828 bits per heavy atom. The van der Waals surface area contributed by atoms with E-state index >= 15 is 0 Å². The van der Waals surface area contributed by atoms with E-state index in [0.717, 1.165) is 0 Å². The maximum atomic E-state index is 13.2. The van der Waals surface area contributed by atoms with Gasteiger partial charge in [-0.2, -0.15) is 0 Å². The van der Waals surface area contributed by atoms with E-state index in [0.29, 0.717) is 33.4 Å². The number of halogens is 3. The third-order valence-corrected chi connectivity index (χ3v) is 10.6. The molecular weight excluding hydrogens is 806 g/mol. The highest BCUT2D eigenvalue weighted by atomic mass is 35.5. The fourth-order valence-corrected chi connectivity index (χ4v) is 7.20. The van der Waals surface area contributed by atoms with Gasteiger partial charge in [-0.25, -0.2) is 45.6 Å². The number of fused-ring (bicyclic) bond motifs is 2. The number of benzene rings is 6. The van der Waals surface area contributed by atoms with Crippen LogP contribution >= 0.6 is 11.6 Å². The summed E-state index contributed by atoms with van der Waals surface area (Å²) in [5.41, 5.74) is 8.69. The fourth-order valence-electron chi connectivity index (χ4n) is 4.91. The normalized spacial score (nSPS) is 10.9. The van der Waals surface area contributed by atoms with E-state index in [2.05, 4.69) is 34.7 Å². The molecule has 0 atom stereocenters. The predicted octanol–water partition coefficient (Wildman–Crippen LogP) is 9.44. The van der Waals surface area contributed by atoms with Gasteiger partial charge in [0.25, 0.3) is 20.0 Å². The van der Waals surface area contributed by atoms with E-state index in [1.807, 2.05) is 6.07 Å². The highest BCUT2D eigenvalue weighted by Crippen LogP contribution is 2.28. The molecular formula is C41H35ClF2N8O4S2. The maximum absolute atomic E-state index is 13.2. The van der Waals surface area contributed by atoms with E-state index in [1.165, 1.54) is 72.8 Å². The summed E-state index contributed by atoms with van der Waals surface area (Å²) in [4.78, 5) is 17.5. The van der Waals surface area contributed by atoms with Crippen molar-refractivity contribution in [1.82, 2.24) is 19.9 Å². The SMILES string of the molecule is C.Nc1ccc(F)cc1.O=S(=O)(Nc1nc2ccccc2nc1Cl)c1ccccc1.O=S(=O)(Nc1nc2ccccc2nc1Nc1ccc(F)cc1)c1ccccc1. The van der Waals surface area contributed by atoms with Crippen LogP contribution in [0.15, 0.2) is 168 Å². The minimum atomic E-state index is -3.86. The molecule has 0 aliphatic rings. The smallest absolute Gasteiger partial charge is 0.263 e. The van der Waals surface area contributed by atoms with Crippen molar-refractivity contribution < 1.29 is 25.6 Å². The molecule has 0 spiro atoms. The van der Waals surface area contributed by atoms with Crippen LogP contribution in [0.1, 0.15) is 7.43 Å². The predicted molar refractivity (Wildman–Crippen MR) is 226 cm³/mol. The molecule has 2 heterocycles. The van der Waals surface area contributed by atoms with E-state index < -0.39 is 20.0 Å². The number of anilines is 5. The first-order chi connectivity index (χ1) is 27.4. The fraction of sp³-hybridized carbons (Fsp3) is 0.0244. The van der Waals surface area contributed by atoms with Crippen molar-refractivity contribution in [2.24, 2.45) is 0 Å². The van der Waals surface area contributed by atoms with Crippen molar-refractivity contribution in [1.29, 1.82) is 0 Å². The molecule has 5 N–H and O–H groups in total. The Bertz CT molecular complexity index is 2830. The lowest BCUT2D eigenvalue weighted by Gasteiger charge is -2.14. The van der Waals surface area contributed by atoms with Crippen molar-refractivity contribution >= 4 is 82.5 Å². The third-order valence-electron chi connectivity index (χ3n) is 7.64. The van der Waals surface area contributed by atoms with E-state index in [-0.39, 0.29) is 51.5 Å². The van der Waals surface area contributed by atoms with Gasteiger partial charge in [0.1, 0.15) is 11.6 Å². The standard InChI is InChI=1S/C20H15FN4O2S.C14H10ClN3O2S.C6H6FN.CH4/c21-14-10-12-15(13-11-14)22-19-20(24-18-9-5-4-8-17(18)23-19)25-28(26,27)16-6-2-1-3-7-16;15-13-14(17-12-9-5-4-8-11(12)16-13)18-21(19,20)10-6-2-1-3-7-10;7-5-1-3-6(8)4-2-5;/h1-13H,(H,22,23)(H,24,25);1-9H,(H,17,18);1-4H,8H2;1H4. The molecule has 0 saturated carbocycles. The van der Waals surface area contributed by atoms with Crippen molar-refractivity contribution in [3.63, 3.8) is 0 Å². The summed E-state index contributed by atoms with van der Waals surface area (Å²) in [5, 5.41) is 3.01. The number of nitrogen functional groups attached to an aromatic ring is 1. The van der Waals surface area contributed by atoms with E-state index in [9.17, 15) is 25.6 Å². The number of hydrogen-bond acceptors (Lipinski definition) is 10. The minimum absolute atomic E-state index is 0. The van der Waals surface area contributed by atoms with Crippen LogP contribution in [0.3, 0.4) is 0 Å². The Balaban J connectivity index is 0.000000188. The van der Waals surface area contributed by atoms with Crippen LogP contribution in [0.2, 0.25) is 5.15 Å². The van der Waals surface area contributed by atoms with Crippen molar-refractivity contribution in [2.45, 2.75) is 17.2 Å². The van der Waals surface area contributed by atoms with Gasteiger partial charge < -0.3 is 11.1 Å². The Morgan fingerprint density at radius 1 is 0.466 bits per heavy atom. The molecule has 0 unspecified atom stereocenters. The lowest BCUT2D eigenvalue weighted by atomic mass is 10.3. The molecule has 0 amide bonds. The average molecular weight is 841 g/mol. The lowest BCUT2D eigenvalue weighted by Crippen LogP contribution is -2.16. The van der Waals surface area contributed by atoms with Crippen LogP contribution in [-0.2, 0) is 20.0 Å². The van der Waals surface area contributed by atoms with Crippen molar-refractivity contribution in [3.8, 4) is 0 Å². The first kappa shape index (κ1) is 42.4. The summed E-state index contributed by atoms with van der Waals surface area (Å²) in [6.45, 7) is 0. The molecule has 0 bridgehead atoms. The molecule has 0 aliphatic heterocycles. The number of rotatable bonds is 8. The van der Waals surface area contributed by atoms with Gasteiger partial charge in [0.2, 0.25) is 0 Å². The van der Waals surface area contributed by atoms with E-state index in [4.69, 9.17) is 17.3 Å². The minimum Gasteiger partial charge on any atom is -0.399 e. The van der Waals surface area contributed by atoms with Crippen LogP contribution in [0.25, 0.3) is 22.1 Å². The van der Waals surface area contributed by atoms with Gasteiger partial charge in [-0.1, -0.05) is 79.7 Å². The molecule has 12 nitrogen and oxygen atoms in total. The summed E-state index contributed by atoms with van der Waals surface area (Å²) < 4.78 is 80.0. The van der Waals surface area contributed by atoms with Gasteiger partial charge in [0.05, 0.1) is 31.9 Å². The molecule has 58 heavy (non-hydrogen) atoms. The summed E-state index contributed by atoms with van der Waals surface area (Å²) in [5.74, 6) is -0.352. The first-order valence-electron chi connectivity index (χ1n) is 16.7. The largest absolute Gasteiger partial charge is 0.399 e. The summed E-state index contributed by atoms with van der Waals surface area (Å²) in [7, 11) is -7.60. The number of hydrogen-bond donors (Lipinski definition) is 4. The molecule has 0 radical (unpaired) electrons. The lowest BCUT2D eigenvalue weighted by molar-refractivity contribution is 0.599. The zero-order chi connectivity index (χ0) is 40.4.